The number of thioether (sulfide) groups is 1. The fraction of sp³-hybridized carbons (Fsp3) is 0.105. The number of carbonyl (C=O) groups excluding carboxylic acids is 2. The SMILES string of the molecule is COC(=O)c1ccc(NCN2C(=O)C(=Cc3cccc(Cl)c3Cl)SC2=S)cc1. The van der Waals surface area contributed by atoms with E-state index in [1.54, 1.807) is 48.5 Å². The molecule has 2 aromatic carbocycles. The largest absolute Gasteiger partial charge is 0.465 e. The van der Waals surface area contributed by atoms with Crippen molar-refractivity contribution in [1.29, 1.82) is 0 Å². The van der Waals surface area contributed by atoms with Crippen LogP contribution < -0.4 is 5.32 Å². The molecule has 144 valence electrons. The number of benzene rings is 2. The molecule has 1 amide bonds. The summed E-state index contributed by atoms with van der Waals surface area (Å²) < 4.78 is 5.10. The van der Waals surface area contributed by atoms with Gasteiger partial charge in [0.25, 0.3) is 5.91 Å². The van der Waals surface area contributed by atoms with Crippen molar-refractivity contribution in [3.63, 3.8) is 0 Å². The zero-order valence-electron chi connectivity index (χ0n) is 14.6. The first-order valence-corrected chi connectivity index (χ1v) is 10.0. The Labute approximate surface area is 181 Å². The van der Waals surface area contributed by atoms with E-state index < -0.39 is 5.97 Å². The number of halogens is 2. The third kappa shape index (κ3) is 4.50. The second-order valence-corrected chi connectivity index (χ2v) is 8.12. The van der Waals surface area contributed by atoms with Gasteiger partial charge in [-0.05, 0) is 42.0 Å². The van der Waals surface area contributed by atoms with Crippen LogP contribution in [0.2, 0.25) is 10.0 Å². The van der Waals surface area contributed by atoms with E-state index in [-0.39, 0.29) is 12.6 Å². The van der Waals surface area contributed by atoms with Gasteiger partial charge in [-0.15, -0.1) is 0 Å². The Morgan fingerprint density at radius 2 is 1.96 bits per heavy atom. The van der Waals surface area contributed by atoms with E-state index in [1.807, 2.05) is 0 Å². The van der Waals surface area contributed by atoms with Crippen molar-refractivity contribution in [1.82, 2.24) is 4.90 Å². The lowest BCUT2D eigenvalue weighted by atomic mass is 10.2. The van der Waals surface area contributed by atoms with Gasteiger partial charge in [-0.1, -0.05) is 59.3 Å². The molecule has 0 aromatic heterocycles. The van der Waals surface area contributed by atoms with E-state index in [0.717, 1.165) is 5.69 Å². The number of nitrogens with one attached hydrogen (secondary N) is 1. The van der Waals surface area contributed by atoms with Gasteiger partial charge in [0.05, 0.1) is 34.3 Å². The van der Waals surface area contributed by atoms with Crippen molar-refractivity contribution in [3.8, 4) is 0 Å². The van der Waals surface area contributed by atoms with Gasteiger partial charge in [-0.3, -0.25) is 9.69 Å². The summed E-state index contributed by atoms with van der Waals surface area (Å²) in [6.07, 6.45) is 1.68. The molecule has 1 fully saturated rings. The van der Waals surface area contributed by atoms with Gasteiger partial charge in [0.2, 0.25) is 0 Å². The molecule has 0 aliphatic carbocycles. The quantitative estimate of drug-likeness (QED) is 0.389. The number of carbonyl (C=O) groups is 2. The molecule has 1 aliphatic heterocycles. The average Bonchev–Trinajstić information content (AvgIpc) is 2.96. The van der Waals surface area contributed by atoms with Crippen molar-refractivity contribution in [2.24, 2.45) is 0 Å². The van der Waals surface area contributed by atoms with E-state index in [2.05, 4.69) is 10.1 Å². The van der Waals surface area contributed by atoms with Crippen LogP contribution >= 0.6 is 47.2 Å². The van der Waals surface area contributed by atoms with Crippen molar-refractivity contribution in [2.75, 3.05) is 19.1 Å². The lowest BCUT2D eigenvalue weighted by Gasteiger charge is -2.16. The Balaban J connectivity index is 1.69. The highest BCUT2D eigenvalue weighted by atomic mass is 35.5. The zero-order valence-corrected chi connectivity index (χ0v) is 17.7. The van der Waals surface area contributed by atoms with E-state index in [9.17, 15) is 9.59 Å². The Bertz CT molecular complexity index is 978. The maximum absolute atomic E-state index is 12.7. The van der Waals surface area contributed by atoms with Crippen LogP contribution in [-0.2, 0) is 9.53 Å². The number of thiocarbonyl (C=S) groups is 1. The van der Waals surface area contributed by atoms with Crippen molar-refractivity contribution in [3.05, 3.63) is 68.5 Å². The number of hydrogen-bond acceptors (Lipinski definition) is 6. The summed E-state index contributed by atoms with van der Waals surface area (Å²) in [6.45, 7) is 0.197. The molecule has 1 N–H and O–H groups in total. The molecule has 3 rings (SSSR count). The summed E-state index contributed by atoms with van der Waals surface area (Å²) in [7, 11) is 1.33. The molecule has 28 heavy (non-hydrogen) atoms. The fourth-order valence-electron chi connectivity index (χ4n) is 2.42. The minimum absolute atomic E-state index is 0.197. The van der Waals surface area contributed by atoms with E-state index in [1.165, 1.54) is 23.8 Å². The third-order valence-corrected chi connectivity index (χ3v) is 6.10. The monoisotopic (exact) mass is 452 g/mol. The zero-order chi connectivity index (χ0) is 20.3. The Kier molecular flexibility index (Phi) is 6.61. The van der Waals surface area contributed by atoms with E-state index in [4.69, 9.17) is 35.4 Å². The topological polar surface area (TPSA) is 58.6 Å². The molecular weight excluding hydrogens is 439 g/mol. The van der Waals surface area contributed by atoms with Gasteiger partial charge in [0.1, 0.15) is 4.32 Å². The van der Waals surface area contributed by atoms with Crippen molar-refractivity contribution in [2.45, 2.75) is 0 Å². The molecule has 1 heterocycles. The van der Waals surface area contributed by atoms with Gasteiger partial charge in [0.15, 0.2) is 0 Å². The second-order valence-electron chi connectivity index (χ2n) is 5.66. The molecule has 5 nitrogen and oxygen atoms in total. The number of amides is 1. The highest BCUT2D eigenvalue weighted by molar-refractivity contribution is 8.26. The van der Waals surface area contributed by atoms with Gasteiger partial charge in [0, 0.05) is 5.69 Å². The number of rotatable bonds is 5. The van der Waals surface area contributed by atoms with Crippen LogP contribution in [-0.4, -0.2) is 34.9 Å². The van der Waals surface area contributed by atoms with Gasteiger partial charge >= 0.3 is 5.97 Å². The summed E-state index contributed by atoms with van der Waals surface area (Å²) in [5, 5.41) is 3.92. The highest BCUT2D eigenvalue weighted by Crippen LogP contribution is 2.35. The third-order valence-electron chi connectivity index (χ3n) is 3.89. The molecule has 0 bridgehead atoms. The maximum atomic E-state index is 12.7. The lowest BCUT2D eigenvalue weighted by molar-refractivity contribution is -0.121. The molecule has 0 radical (unpaired) electrons. The minimum Gasteiger partial charge on any atom is -0.465 e. The molecule has 1 aliphatic rings. The summed E-state index contributed by atoms with van der Waals surface area (Å²) in [5.41, 5.74) is 1.84. The predicted molar refractivity (Wildman–Crippen MR) is 118 cm³/mol. The van der Waals surface area contributed by atoms with Gasteiger partial charge in [-0.25, -0.2) is 4.79 Å². The summed E-state index contributed by atoms with van der Waals surface area (Å²) in [5.74, 6) is -0.627. The maximum Gasteiger partial charge on any atom is 0.337 e. The van der Waals surface area contributed by atoms with Crippen LogP contribution in [0.4, 0.5) is 5.69 Å². The Hall–Kier alpha value is -2.06. The van der Waals surface area contributed by atoms with Gasteiger partial charge in [-0.2, -0.15) is 0 Å². The number of nitrogens with zero attached hydrogens (tertiary/aromatic N) is 1. The Morgan fingerprint density at radius 3 is 2.64 bits per heavy atom. The number of methoxy groups -OCH3 is 1. The Morgan fingerprint density at radius 1 is 1.25 bits per heavy atom. The molecular formula is C19H14Cl2N2O3S2. The fourth-order valence-corrected chi connectivity index (χ4v) is 4.03. The molecule has 9 heteroatoms. The van der Waals surface area contributed by atoms with Crippen molar-refractivity contribution >= 4 is 75.1 Å². The van der Waals surface area contributed by atoms with Crippen LogP contribution in [0.3, 0.4) is 0 Å². The smallest absolute Gasteiger partial charge is 0.337 e. The average molecular weight is 453 g/mol. The second kappa shape index (κ2) is 8.96. The number of hydrogen-bond donors (Lipinski definition) is 1. The molecule has 0 saturated carbocycles. The first-order chi connectivity index (χ1) is 13.4. The normalized spacial score (nSPS) is 15.2. The van der Waals surface area contributed by atoms with Crippen LogP contribution in [0.1, 0.15) is 15.9 Å². The predicted octanol–water partition coefficient (Wildman–Crippen LogP) is 5.05. The van der Waals surface area contributed by atoms with Crippen LogP contribution in [0.5, 0.6) is 0 Å². The minimum atomic E-state index is -0.409. The molecule has 2 aromatic rings. The van der Waals surface area contributed by atoms with Crippen LogP contribution in [0.15, 0.2) is 47.4 Å². The lowest BCUT2D eigenvalue weighted by Crippen LogP contribution is -2.33. The summed E-state index contributed by atoms with van der Waals surface area (Å²) >= 11 is 18.7. The first-order valence-electron chi connectivity index (χ1n) is 8.02. The summed E-state index contributed by atoms with van der Waals surface area (Å²) in [4.78, 5) is 26.1. The highest BCUT2D eigenvalue weighted by Gasteiger charge is 2.32. The molecule has 0 unspecified atom stereocenters. The van der Waals surface area contributed by atoms with E-state index in [0.29, 0.717) is 30.4 Å². The number of esters is 1. The number of anilines is 1. The first kappa shape index (κ1) is 20.7. The van der Waals surface area contributed by atoms with E-state index >= 15 is 0 Å². The number of ether oxygens (including phenoxy) is 1. The van der Waals surface area contributed by atoms with Gasteiger partial charge < -0.3 is 10.1 Å². The standard InChI is InChI=1S/C19H14Cl2N2O3S2/c1-26-18(25)11-5-7-13(8-6-11)22-10-23-17(24)15(28-19(23)27)9-12-3-2-4-14(20)16(12)21/h2-9,22H,10H2,1H3. The molecule has 0 spiro atoms. The van der Waals surface area contributed by atoms with Crippen molar-refractivity contribution < 1.29 is 14.3 Å². The molecule has 0 atom stereocenters. The van der Waals surface area contributed by atoms with Crippen LogP contribution in [0.25, 0.3) is 6.08 Å². The molecule has 1 saturated heterocycles. The summed E-state index contributed by atoms with van der Waals surface area (Å²) in [6, 6.07) is 12.0. The van der Waals surface area contributed by atoms with Crippen LogP contribution in [0, 0.1) is 0 Å².